The summed E-state index contributed by atoms with van der Waals surface area (Å²) in [6.45, 7) is 7.48. The number of hydrogen-bond donors (Lipinski definition) is 1. The number of alkyl carbamates (subject to hydrolysis) is 1. The molecule has 1 atom stereocenters. The van der Waals surface area contributed by atoms with Gasteiger partial charge in [0.25, 0.3) is 0 Å². The molecule has 0 aliphatic rings. The van der Waals surface area contributed by atoms with Gasteiger partial charge in [0.05, 0.1) is 0 Å². The van der Waals surface area contributed by atoms with Crippen LogP contribution in [0.1, 0.15) is 40.3 Å². The fourth-order valence-electron chi connectivity index (χ4n) is 1.26. The zero-order valence-electron chi connectivity index (χ0n) is 10.2. The predicted molar refractivity (Wildman–Crippen MR) is 60.9 cm³/mol. The minimum absolute atomic E-state index is 0.162. The summed E-state index contributed by atoms with van der Waals surface area (Å²) in [6, 6.07) is 1.82. The van der Waals surface area contributed by atoms with Crippen molar-refractivity contribution in [3.63, 3.8) is 0 Å². The summed E-state index contributed by atoms with van der Waals surface area (Å²) < 4.78 is 6.88. The van der Waals surface area contributed by atoms with Gasteiger partial charge in [0, 0.05) is 12.4 Å². The minimum atomic E-state index is -0.480. The van der Waals surface area contributed by atoms with Gasteiger partial charge < -0.3 is 4.74 Å². The number of carbonyl (C=O) groups excluding carboxylic acids is 1. The maximum Gasteiger partial charge on any atom is 0.409 e. The van der Waals surface area contributed by atoms with Crippen LogP contribution in [-0.2, 0) is 4.74 Å². The van der Waals surface area contributed by atoms with Crippen molar-refractivity contribution in [2.45, 2.75) is 45.9 Å². The average Bonchev–Trinajstić information content (AvgIpc) is 2.63. The highest BCUT2D eigenvalue weighted by Crippen LogP contribution is 2.10. The Kier molecular flexibility index (Phi) is 3.93. The summed E-state index contributed by atoms with van der Waals surface area (Å²) in [6.07, 6.45) is 3.66. The van der Waals surface area contributed by atoms with Crippen LogP contribution in [0.3, 0.4) is 0 Å². The van der Waals surface area contributed by atoms with Crippen molar-refractivity contribution >= 4 is 6.09 Å². The first kappa shape index (κ1) is 12.5. The normalized spacial score (nSPS) is 13.2. The molecule has 5 nitrogen and oxygen atoms in total. The maximum atomic E-state index is 11.5. The van der Waals surface area contributed by atoms with E-state index in [0.29, 0.717) is 0 Å². The monoisotopic (exact) mass is 225 g/mol. The number of rotatable bonds is 3. The Balaban J connectivity index is 2.55. The van der Waals surface area contributed by atoms with Gasteiger partial charge >= 0.3 is 6.09 Å². The molecular formula is C11H19N3O2. The predicted octanol–water partition coefficient (Wildman–Crippen LogP) is 2.32. The highest BCUT2D eigenvalue weighted by Gasteiger charge is 2.19. The van der Waals surface area contributed by atoms with E-state index in [9.17, 15) is 4.79 Å². The van der Waals surface area contributed by atoms with Crippen LogP contribution in [0.25, 0.3) is 0 Å². The molecule has 5 heteroatoms. The van der Waals surface area contributed by atoms with Crippen molar-refractivity contribution in [3.8, 4) is 0 Å². The third-order valence-corrected chi connectivity index (χ3v) is 1.91. The first-order valence-electron chi connectivity index (χ1n) is 5.41. The van der Waals surface area contributed by atoms with Gasteiger partial charge in [-0.3, -0.25) is 5.32 Å². The van der Waals surface area contributed by atoms with Crippen LogP contribution in [0.2, 0.25) is 0 Å². The molecular weight excluding hydrogens is 206 g/mol. The van der Waals surface area contributed by atoms with Crippen LogP contribution in [-0.4, -0.2) is 21.5 Å². The molecule has 0 aromatic carbocycles. The number of ether oxygens (including phenoxy) is 1. The second-order valence-corrected chi connectivity index (χ2v) is 4.56. The maximum absolute atomic E-state index is 11.5. The molecule has 0 aliphatic carbocycles. The largest absolute Gasteiger partial charge is 0.444 e. The molecule has 0 fully saturated rings. The van der Waals surface area contributed by atoms with Crippen molar-refractivity contribution in [2.75, 3.05) is 0 Å². The molecule has 1 amide bonds. The van der Waals surface area contributed by atoms with Gasteiger partial charge in [0.1, 0.15) is 11.8 Å². The van der Waals surface area contributed by atoms with Crippen LogP contribution in [0.4, 0.5) is 4.79 Å². The number of amides is 1. The molecule has 0 bridgehead atoms. The quantitative estimate of drug-likeness (QED) is 0.858. The van der Waals surface area contributed by atoms with E-state index in [1.807, 2.05) is 40.0 Å². The lowest BCUT2D eigenvalue weighted by atomic mass is 10.2. The van der Waals surface area contributed by atoms with Crippen molar-refractivity contribution in [3.05, 3.63) is 18.5 Å². The number of aromatic nitrogens is 2. The molecule has 1 aromatic heterocycles. The lowest BCUT2D eigenvalue weighted by Crippen LogP contribution is -2.37. The lowest BCUT2D eigenvalue weighted by Gasteiger charge is -2.23. The highest BCUT2D eigenvalue weighted by atomic mass is 16.6. The fraction of sp³-hybridized carbons (Fsp3) is 0.636. The molecule has 1 rings (SSSR count). The van der Waals surface area contributed by atoms with Crippen LogP contribution in [0, 0.1) is 0 Å². The summed E-state index contributed by atoms with van der Waals surface area (Å²) in [4.78, 5) is 11.5. The van der Waals surface area contributed by atoms with E-state index < -0.39 is 11.7 Å². The van der Waals surface area contributed by atoms with Crippen LogP contribution in [0.5, 0.6) is 0 Å². The Bertz CT molecular complexity index is 327. The van der Waals surface area contributed by atoms with Gasteiger partial charge in [0.2, 0.25) is 0 Å². The summed E-state index contributed by atoms with van der Waals surface area (Å²) in [7, 11) is 0. The van der Waals surface area contributed by atoms with Crippen LogP contribution in [0.15, 0.2) is 18.5 Å². The lowest BCUT2D eigenvalue weighted by molar-refractivity contribution is 0.0474. The number of carbonyl (C=O) groups is 1. The van der Waals surface area contributed by atoms with Crippen molar-refractivity contribution in [1.29, 1.82) is 0 Å². The van der Waals surface area contributed by atoms with Crippen molar-refractivity contribution < 1.29 is 9.53 Å². The molecule has 1 unspecified atom stereocenters. The van der Waals surface area contributed by atoms with E-state index >= 15 is 0 Å². The Morgan fingerprint density at radius 3 is 2.69 bits per heavy atom. The standard InChI is InChI=1S/C11H19N3O2/c1-5-9(14-8-6-7-12-14)13-10(15)16-11(2,3)4/h6-9H,5H2,1-4H3,(H,13,15). The van der Waals surface area contributed by atoms with E-state index in [1.165, 1.54) is 0 Å². The summed E-state index contributed by atoms with van der Waals surface area (Å²) in [5.41, 5.74) is -0.480. The van der Waals surface area contributed by atoms with Gasteiger partial charge in [-0.15, -0.1) is 0 Å². The molecule has 1 heterocycles. The van der Waals surface area contributed by atoms with Gasteiger partial charge in [0.15, 0.2) is 0 Å². The van der Waals surface area contributed by atoms with Gasteiger partial charge in [-0.25, -0.2) is 9.48 Å². The molecule has 90 valence electrons. The van der Waals surface area contributed by atoms with E-state index in [2.05, 4.69) is 10.4 Å². The first-order valence-corrected chi connectivity index (χ1v) is 5.41. The summed E-state index contributed by atoms with van der Waals surface area (Å²) in [5, 5.41) is 6.85. The topological polar surface area (TPSA) is 56.1 Å². The average molecular weight is 225 g/mol. The Morgan fingerprint density at radius 2 is 2.25 bits per heavy atom. The van der Waals surface area contributed by atoms with Gasteiger partial charge in [-0.05, 0) is 33.3 Å². The molecule has 1 aromatic rings. The number of hydrogen-bond acceptors (Lipinski definition) is 3. The molecule has 0 radical (unpaired) electrons. The van der Waals surface area contributed by atoms with E-state index in [0.717, 1.165) is 6.42 Å². The Labute approximate surface area is 95.8 Å². The Hall–Kier alpha value is -1.52. The molecule has 0 saturated heterocycles. The Morgan fingerprint density at radius 1 is 1.56 bits per heavy atom. The fourth-order valence-corrected chi connectivity index (χ4v) is 1.26. The van der Waals surface area contributed by atoms with Crippen LogP contribution < -0.4 is 5.32 Å². The van der Waals surface area contributed by atoms with Crippen molar-refractivity contribution in [1.82, 2.24) is 15.1 Å². The van der Waals surface area contributed by atoms with Gasteiger partial charge in [-0.1, -0.05) is 6.92 Å². The molecule has 0 spiro atoms. The zero-order valence-corrected chi connectivity index (χ0v) is 10.2. The summed E-state index contributed by atoms with van der Waals surface area (Å²) >= 11 is 0. The molecule has 0 saturated carbocycles. The summed E-state index contributed by atoms with van der Waals surface area (Å²) in [5.74, 6) is 0. The number of nitrogens with one attached hydrogen (secondary N) is 1. The molecule has 0 aliphatic heterocycles. The van der Waals surface area contributed by atoms with E-state index in [4.69, 9.17) is 4.74 Å². The van der Waals surface area contributed by atoms with Crippen molar-refractivity contribution in [2.24, 2.45) is 0 Å². The van der Waals surface area contributed by atoms with Gasteiger partial charge in [-0.2, -0.15) is 5.10 Å². The molecule has 1 N–H and O–H groups in total. The first-order chi connectivity index (χ1) is 7.42. The third-order valence-electron chi connectivity index (χ3n) is 1.91. The van der Waals surface area contributed by atoms with E-state index in [-0.39, 0.29) is 6.17 Å². The number of nitrogens with zero attached hydrogens (tertiary/aromatic N) is 2. The highest BCUT2D eigenvalue weighted by molar-refractivity contribution is 5.67. The smallest absolute Gasteiger partial charge is 0.409 e. The zero-order chi connectivity index (χ0) is 12.2. The van der Waals surface area contributed by atoms with E-state index in [1.54, 1.807) is 10.9 Å². The second kappa shape index (κ2) is 5.01. The SMILES string of the molecule is CCC(NC(=O)OC(C)(C)C)n1cccn1. The third kappa shape index (κ3) is 3.92. The second-order valence-electron chi connectivity index (χ2n) is 4.56. The van der Waals surface area contributed by atoms with Crippen LogP contribution >= 0.6 is 0 Å². The minimum Gasteiger partial charge on any atom is -0.444 e. The molecule has 16 heavy (non-hydrogen) atoms.